The first-order valence-electron chi connectivity index (χ1n) is 12.6. The largest absolute Gasteiger partial charge is 0.497 e. The van der Waals surface area contributed by atoms with Crippen molar-refractivity contribution in [3.8, 4) is 0 Å². The zero-order valence-corrected chi connectivity index (χ0v) is 26.5. The van der Waals surface area contributed by atoms with Crippen LogP contribution in [0.4, 0.5) is 0 Å². The predicted molar refractivity (Wildman–Crippen MR) is 165 cm³/mol. The molecule has 0 aliphatic heterocycles. The average Bonchev–Trinajstić information content (AvgIpc) is 3.14. The van der Waals surface area contributed by atoms with E-state index in [-0.39, 0.29) is 25.6 Å². The first kappa shape index (κ1) is 37.1. The van der Waals surface area contributed by atoms with Crippen LogP contribution >= 0.6 is 33.2 Å². The lowest BCUT2D eigenvalue weighted by Crippen LogP contribution is -2.11. The highest BCUT2D eigenvalue weighted by Gasteiger charge is 2.18. The Labute approximate surface area is 249 Å². The second-order valence-electron chi connectivity index (χ2n) is 7.64. The summed E-state index contributed by atoms with van der Waals surface area (Å²) in [5.41, 5.74) is 4.60. The molecule has 2 aromatic rings. The Morgan fingerprint density at radius 3 is 2.23 bits per heavy atom. The van der Waals surface area contributed by atoms with Crippen molar-refractivity contribution in [1.29, 1.82) is 0 Å². The van der Waals surface area contributed by atoms with E-state index >= 15 is 0 Å². The van der Waals surface area contributed by atoms with E-state index in [0.717, 1.165) is 28.8 Å². The molecule has 0 unspecified atom stereocenters. The number of halogens is 1. The number of benzene rings is 1. The van der Waals surface area contributed by atoms with E-state index in [4.69, 9.17) is 21.1 Å². The zero-order valence-electron chi connectivity index (χ0n) is 24.1. The maximum atomic E-state index is 12.3. The van der Waals surface area contributed by atoms with Gasteiger partial charge in [0.05, 0.1) is 13.5 Å². The van der Waals surface area contributed by atoms with E-state index in [1.165, 1.54) is 21.6 Å². The molecule has 1 heterocycles. The van der Waals surface area contributed by atoms with Crippen molar-refractivity contribution in [2.45, 2.75) is 41.0 Å². The van der Waals surface area contributed by atoms with Gasteiger partial charge < -0.3 is 18.9 Å². The van der Waals surface area contributed by atoms with Gasteiger partial charge in [-0.1, -0.05) is 65.2 Å². The number of esters is 1. The summed E-state index contributed by atoms with van der Waals surface area (Å²) in [6, 6.07) is 6.72. The van der Waals surface area contributed by atoms with Gasteiger partial charge >= 0.3 is 5.97 Å². The number of carbonyl (C=O) groups excluding carboxylic acids is 2. The fraction of sp³-hybridized carbons (Fsp3) is 0.429. The highest BCUT2D eigenvalue weighted by Crippen LogP contribution is 2.26. The average molecular weight is 615 g/mol. The minimum Gasteiger partial charge on any atom is -0.497 e. The Balaban J connectivity index is 0.00000115. The van der Waals surface area contributed by atoms with Gasteiger partial charge in [0.15, 0.2) is 0 Å². The van der Waals surface area contributed by atoms with Crippen molar-refractivity contribution in [3.05, 3.63) is 85.4 Å². The normalized spacial score (nSPS) is 10.7. The Hall–Kier alpha value is -2.89. The van der Waals surface area contributed by atoms with Gasteiger partial charge in [-0.2, -0.15) is 0 Å². The van der Waals surface area contributed by atoms with Crippen molar-refractivity contribution < 1.29 is 29.0 Å². The fourth-order valence-electron chi connectivity index (χ4n) is 3.13. The van der Waals surface area contributed by atoms with Gasteiger partial charge in [-0.15, -0.1) is 10.1 Å². The van der Waals surface area contributed by atoms with Crippen LogP contribution in [-0.2, 0) is 32.6 Å². The van der Waals surface area contributed by atoms with E-state index in [2.05, 4.69) is 9.40 Å². The molecule has 0 saturated carbocycles. The first-order valence-corrected chi connectivity index (χ1v) is 15.4. The molecule has 0 fully saturated rings. The van der Waals surface area contributed by atoms with E-state index in [1.807, 2.05) is 59.9 Å². The van der Waals surface area contributed by atoms with Gasteiger partial charge in [0, 0.05) is 46.1 Å². The molecule has 40 heavy (non-hydrogen) atoms. The van der Waals surface area contributed by atoms with Crippen molar-refractivity contribution in [2.75, 3.05) is 31.8 Å². The van der Waals surface area contributed by atoms with Crippen molar-refractivity contribution in [3.63, 3.8) is 0 Å². The van der Waals surface area contributed by atoms with Gasteiger partial charge in [-0.25, -0.2) is 0 Å². The number of hydrogen-bond donors (Lipinski definition) is 0. The lowest BCUT2D eigenvalue weighted by molar-refractivity contribution is -0.756. The molecule has 12 heteroatoms. The lowest BCUT2D eigenvalue weighted by atomic mass is 10.0. The molecular weight excluding hydrogens is 576 g/mol. The summed E-state index contributed by atoms with van der Waals surface area (Å²) in [6.07, 6.45) is 6.67. The molecule has 0 aliphatic rings. The molecular formula is C28H39ClN2O7S2. The molecule has 0 amide bonds. The molecule has 0 N–H and O–H groups in total. The van der Waals surface area contributed by atoms with Crippen LogP contribution in [0, 0.1) is 24.0 Å². The Kier molecular flexibility index (Phi) is 20.3. The van der Waals surface area contributed by atoms with Gasteiger partial charge in [0.25, 0.3) is 5.09 Å². The van der Waals surface area contributed by atoms with Gasteiger partial charge in [-0.3, -0.25) is 9.59 Å². The molecule has 1 aromatic heterocycles. The van der Waals surface area contributed by atoms with Gasteiger partial charge in [-0.05, 0) is 50.6 Å². The smallest absolute Gasteiger partial charge is 0.310 e. The standard InChI is InChI=1S/C19H28N2O6S2.C7H5ClO.C2H6/c1-6-7-16(25-5)12-17-14(2)20(4)15(3)18(17)13-19(22)26-8-10-28-29-11-9-27-21(23)24;8-7-3-1-6(5-9)2-4-7;1-2/h6-7,12H,8-11,13H2,1-5H3;1-5H;1-2H3/b7-6-,16-12+;;. The maximum Gasteiger partial charge on any atom is 0.310 e. The van der Waals surface area contributed by atoms with E-state index < -0.39 is 5.09 Å². The summed E-state index contributed by atoms with van der Waals surface area (Å²) in [6.45, 7) is 10.2. The third-order valence-corrected chi connectivity index (χ3v) is 7.80. The van der Waals surface area contributed by atoms with Crippen LogP contribution in [0.15, 0.2) is 42.2 Å². The van der Waals surface area contributed by atoms with Crippen LogP contribution in [-0.4, -0.2) is 53.7 Å². The second-order valence-corrected chi connectivity index (χ2v) is 10.8. The van der Waals surface area contributed by atoms with Crippen LogP contribution in [0.1, 0.15) is 53.6 Å². The van der Waals surface area contributed by atoms with Crippen LogP contribution in [0.2, 0.25) is 5.02 Å². The van der Waals surface area contributed by atoms with Crippen molar-refractivity contribution in [2.24, 2.45) is 7.05 Å². The Bertz CT molecular complexity index is 1120. The maximum absolute atomic E-state index is 12.3. The molecule has 222 valence electrons. The SMILES string of the molecule is C/C=C\C(=C/c1c(CC(=O)OCCSSCCO[N+](=O)[O-])c(C)n(C)c1C)OC.CC.O=Cc1ccc(Cl)cc1. The van der Waals surface area contributed by atoms with E-state index in [1.54, 1.807) is 31.4 Å². The number of methoxy groups -OCH3 is 1. The minimum atomic E-state index is -0.808. The van der Waals surface area contributed by atoms with Crippen LogP contribution in [0.3, 0.4) is 0 Å². The third kappa shape index (κ3) is 14.5. The van der Waals surface area contributed by atoms with Crippen LogP contribution in [0.25, 0.3) is 6.08 Å². The lowest BCUT2D eigenvalue weighted by Gasteiger charge is -2.07. The fourth-order valence-corrected chi connectivity index (χ4v) is 4.91. The Morgan fingerprint density at radius 1 is 1.10 bits per heavy atom. The molecule has 0 radical (unpaired) electrons. The number of carbonyl (C=O) groups is 2. The summed E-state index contributed by atoms with van der Waals surface area (Å²) in [5.74, 6) is 1.51. The van der Waals surface area contributed by atoms with Crippen LogP contribution in [0.5, 0.6) is 0 Å². The predicted octanol–water partition coefficient (Wildman–Crippen LogP) is 7.06. The summed E-state index contributed by atoms with van der Waals surface area (Å²) >= 11 is 5.55. The summed E-state index contributed by atoms with van der Waals surface area (Å²) in [7, 11) is 6.50. The molecule has 0 spiro atoms. The van der Waals surface area contributed by atoms with E-state index in [9.17, 15) is 19.7 Å². The number of rotatable bonds is 14. The molecule has 0 saturated heterocycles. The number of allylic oxidation sites excluding steroid dienone is 2. The summed E-state index contributed by atoms with van der Waals surface area (Å²) in [4.78, 5) is 36.6. The topological polar surface area (TPSA) is 110 Å². The molecule has 0 aliphatic carbocycles. The summed E-state index contributed by atoms with van der Waals surface area (Å²) < 4.78 is 12.8. The molecule has 1 aromatic carbocycles. The monoisotopic (exact) mass is 614 g/mol. The molecule has 0 bridgehead atoms. The van der Waals surface area contributed by atoms with Gasteiger partial charge in [0.2, 0.25) is 0 Å². The zero-order chi connectivity index (χ0) is 30.5. The van der Waals surface area contributed by atoms with Crippen LogP contribution < -0.4 is 0 Å². The quantitative estimate of drug-likeness (QED) is 0.0323. The second kappa shape index (κ2) is 21.9. The minimum absolute atomic E-state index is 0.0457. The molecule has 0 atom stereocenters. The highest BCUT2D eigenvalue weighted by molar-refractivity contribution is 8.76. The number of aldehydes is 1. The Morgan fingerprint density at radius 2 is 1.70 bits per heavy atom. The molecule has 2 rings (SSSR count). The highest BCUT2D eigenvalue weighted by atomic mass is 35.5. The number of nitrogens with zero attached hydrogens (tertiary/aromatic N) is 2. The first-order chi connectivity index (χ1) is 19.1. The third-order valence-electron chi connectivity index (χ3n) is 5.21. The number of aromatic nitrogens is 1. The summed E-state index contributed by atoms with van der Waals surface area (Å²) in [5, 5.41) is 9.88. The van der Waals surface area contributed by atoms with Gasteiger partial charge in [0.1, 0.15) is 25.3 Å². The van der Waals surface area contributed by atoms with Crippen molar-refractivity contribution in [1.82, 2.24) is 4.57 Å². The number of hydrogen-bond acceptors (Lipinski definition) is 9. The van der Waals surface area contributed by atoms with E-state index in [0.29, 0.717) is 27.9 Å². The number of ether oxygens (including phenoxy) is 2. The van der Waals surface area contributed by atoms with Crippen molar-refractivity contribution >= 4 is 51.5 Å². The molecule has 9 nitrogen and oxygen atoms in total.